The lowest BCUT2D eigenvalue weighted by atomic mass is 10.1. The highest BCUT2D eigenvalue weighted by Gasteiger charge is 2.34. The number of hydrogen-bond donors (Lipinski definition) is 1. The minimum absolute atomic E-state index is 0.0990. The van der Waals surface area contributed by atoms with Crippen molar-refractivity contribution in [2.24, 2.45) is 5.92 Å². The molecule has 0 spiro atoms. The Morgan fingerprint density at radius 1 is 0.971 bits per heavy atom. The van der Waals surface area contributed by atoms with E-state index >= 15 is 0 Å². The third-order valence-electron chi connectivity index (χ3n) is 6.72. The summed E-state index contributed by atoms with van der Waals surface area (Å²) in [6, 6.07) is 10.7. The summed E-state index contributed by atoms with van der Waals surface area (Å²) in [7, 11) is 0. The molecule has 3 amide bonds. The molecule has 4 rings (SSSR count). The summed E-state index contributed by atoms with van der Waals surface area (Å²) in [4.78, 5) is 44.6. The van der Waals surface area contributed by atoms with Crippen molar-refractivity contribution in [1.82, 2.24) is 9.80 Å². The molecule has 2 aliphatic rings. The van der Waals surface area contributed by atoms with Gasteiger partial charge in [-0.25, -0.2) is 4.39 Å². The van der Waals surface area contributed by atoms with Gasteiger partial charge in [0.1, 0.15) is 5.82 Å². The van der Waals surface area contributed by atoms with E-state index in [9.17, 15) is 18.8 Å². The smallest absolute Gasteiger partial charge is 0.256 e. The van der Waals surface area contributed by atoms with Gasteiger partial charge in [0.2, 0.25) is 5.91 Å². The van der Waals surface area contributed by atoms with Crippen LogP contribution in [0.1, 0.15) is 53.8 Å². The largest absolute Gasteiger partial charge is 0.369 e. The highest BCUT2D eigenvalue weighted by molar-refractivity contribution is 6.06. The van der Waals surface area contributed by atoms with Crippen LogP contribution in [0.25, 0.3) is 0 Å². The lowest BCUT2D eigenvalue weighted by molar-refractivity contribution is -0.132. The molecule has 1 saturated carbocycles. The number of halogens is 1. The third kappa shape index (κ3) is 5.81. The normalized spacial score (nSPS) is 16.0. The zero-order chi connectivity index (χ0) is 24.9. The van der Waals surface area contributed by atoms with E-state index in [1.165, 1.54) is 24.3 Å². The number of nitrogens with one attached hydrogen (secondary N) is 1. The van der Waals surface area contributed by atoms with Crippen molar-refractivity contribution in [2.75, 3.05) is 49.5 Å². The predicted octanol–water partition coefficient (Wildman–Crippen LogP) is 4.01. The highest BCUT2D eigenvalue weighted by atomic mass is 19.1. The SMILES string of the molecule is CCN(CC)C(=O)c1cc(NC(=O)c2ccc(F)cc2)ccc1N1CCCN(C(=O)C2CC2)CC1. The van der Waals surface area contributed by atoms with Crippen LogP contribution in [0.15, 0.2) is 42.5 Å². The molecular formula is C27H33FN4O3. The summed E-state index contributed by atoms with van der Waals surface area (Å²) in [5.41, 5.74) is 2.16. The maximum atomic E-state index is 13.5. The first kappa shape index (κ1) is 24.7. The minimum Gasteiger partial charge on any atom is -0.369 e. The van der Waals surface area contributed by atoms with Crippen molar-refractivity contribution in [2.45, 2.75) is 33.1 Å². The van der Waals surface area contributed by atoms with Gasteiger partial charge in [0, 0.05) is 62.1 Å². The van der Waals surface area contributed by atoms with Crippen molar-refractivity contribution < 1.29 is 18.8 Å². The Labute approximate surface area is 205 Å². The zero-order valence-electron chi connectivity index (χ0n) is 20.4. The Hall–Kier alpha value is -3.42. The predicted molar refractivity (Wildman–Crippen MR) is 134 cm³/mol. The molecule has 2 aromatic rings. The number of amides is 3. The molecule has 1 saturated heterocycles. The topological polar surface area (TPSA) is 73.0 Å². The molecule has 186 valence electrons. The monoisotopic (exact) mass is 480 g/mol. The first-order valence-electron chi connectivity index (χ1n) is 12.4. The van der Waals surface area contributed by atoms with Crippen molar-refractivity contribution in [1.29, 1.82) is 0 Å². The first-order chi connectivity index (χ1) is 16.9. The second-order valence-electron chi connectivity index (χ2n) is 9.11. The Morgan fingerprint density at radius 2 is 1.69 bits per heavy atom. The summed E-state index contributed by atoms with van der Waals surface area (Å²) in [5, 5.41) is 2.83. The highest BCUT2D eigenvalue weighted by Crippen LogP contribution is 2.32. The van der Waals surface area contributed by atoms with E-state index < -0.39 is 5.82 Å². The Bertz CT molecular complexity index is 1080. The van der Waals surface area contributed by atoms with Gasteiger partial charge in [-0.2, -0.15) is 0 Å². The summed E-state index contributed by atoms with van der Waals surface area (Å²) < 4.78 is 13.2. The minimum atomic E-state index is -0.409. The molecular weight excluding hydrogens is 447 g/mol. The van der Waals surface area contributed by atoms with Gasteiger partial charge in [-0.05, 0) is 75.6 Å². The van der Waals surface area contributed by atoms with Crippen molar-refractivity contribution in [3.63, 3.8) is 0 Å². The summed E-state index contributed by atoms with van der Waals surface area (Å²) in [5.74, 6) is -0.426. The fourth-order valence-corrected chi connectivity index (χ4v) is 4.51. The van der Waals surface area contributed by atoms with Crippen LogP contribution in [0.2, 0.25) is 0 Å². The molecule has 8 heteroatoms. The van der Waals surface area contributed by atoms with Crippen molar-refractivity contribution in [3.05, 3.63) is 59.4 Å². The quantitative estimate of drug-likeness (QED) is 0.650. The van der Waals surface area contributed by atoms with Gasteiger partial charge in [-0.3, -0.25) is 14.4 Å². The Morgan fingerprint density at radius 3 is 2.34 bits per heavy atom. The standard InChI is InChI=1S/C27H33FN4O3/c1-3-30(4-2)27(35)23-18-22(29-25(33)19-8-10-21(28)11-9-19)12-13-24(23)31-14-5-15-32(17-16-31)26(34)20-6-7-20/h8-13,18,20H,3-7,14-17H2,1-2H3,(H,29,33). The molecule has 0 bridgehead atoms. The molecule has 0 atom stereocenters. The number of hydrogen-bond acceptors (Lipinski definition) is 4. The molecule has 2 aromatic carbocycles. The van der Waals surface area contributed by atoms with Gasteiger partial charge in [-0.15, -0.1) is 0 Å². The molecule has 0 unspecified atom stereocenters. The average Bonchev–Trinajstić information content (AvgIpc) is 3.72. The lowest BCUT2D eigenvalue weighted by Gasteiger charge is -2.28. The summed E-state index contributed by atoms with van der Waals surface area (Å²) in [6.45, 7) is 7.79. The van der Waals surface area contributed by atoms with Crippen LogP contribution < -0.4 is 10.2 Å². The van der Waals surface area contributed by atoms with E-state index in [0.29, 0.717) is 43.0 Å². The maximum Gasteiger partial charge on any atom is 0.256 e. The van der Waals surface area contributed by atoms with Crippen LogP contribution in [0, 0.1) is 11.7 Å². The van der Waals surface area contributed by atoms with E-state index in [-0.39, 0.29) is 23.6 Å². The average molecular weight is 481 g/mol. The van der Waals surface area contributed by atoms with Crippen LogP contribution in [0.4, 0.5) is 15.8 Å². The van der Waals surface area contributed by atoms with Crippen molar-refractivity contribution >= 4 is 29.1 Å². The molecule has 0 radical (unpaired) electrons. The van der Waals surface area contributed by atoms with E-state index in [4.69, 9.17) is 0 Å². The van der Waals surface area contributed by atoms with Gasteiger partial charge in [0.15, 0.2) is 0 Å². The molecule has 1 N–H and O–H groups in total. The third-order valence-corrected chi connectivity index (χ3v) is 6.72. The van der Waals surface area contributed by atoms with E-state index in [0.717, 1.165) is 38.0 Å². The van der Waals surface area contributed by atoms with E-state index in [1.807, 2.05) is 24.8 Å². The summed E-state index contributed by atoms with van der Waals surface area (Å²) >= 11 is 0. The van der Waals surface area contributed by atoms with E-state index in [1.54, 1.807) is 17.0 Å². The second kappa shape index (κ2) is 10.9. The van der Waals surface area contributed by atoms with Gasteiger partial charge < -0.3 is 20.0 Å². The Balaban J connectivity index is 1.58. The fraction of sp³-hybridized carbons (Fsp3) is 0.444. The number of benzene rings is 2. The number of rotatable bonds is 7. The van der Waals surface area contributed by atoms with Crippen LogP contribution >= 0.6 is 0 Å². The molecule has 1 aliphatic carbocycles. The van der Waals surface area contributed by atoms with Crippen molar-refractivity contribution in [3.8, 4) is 0 Å². The van der Waals surface area contributed by atoms with Gasteiger partial charge >= 0.3 is 0 Å². The van der Waals surface area contributed by atoms with Crippen LogP contribution in [0.5, 0.6) is 0 Å². The summed E-state index contributed by atoms with van der Waals surface area (Å²) in [6.07, 6.45) is 2.82. The first-order valence-corrected chi connectivity index (χ1v) is 12.4. The second-order valence-corrected chi connectivity index (χ2v) is 9.11. The molecule has 0 aromatic heterocycles. The fourth-order valence-electron chi connectivity index (χ4n) is 4.51. The molecule has 2 fully saturated rings. The lowest BCUT2D eigenvalue weighted by Crippen LogP contribution is -2.37. The molecule has 35 heavy (non-hydrogen) atoms. The van der Waals surface area contributed by atoms with Crippen LogP contribution in [0.3, 0.4) is 0 Å². The number of carbonyl (C=O) groups excluding carboxylic acids is 3. The number of anilines is 2. The van der Waals surface area contributed by atoms with Crippen LogP contribution in [-0.2, 0) is 4.79 Å². The Kier molecular flexibility index (Phi) is 7.68. The van der Waals surface area contributed by atoms with Crippen LogP contribution in [-0.4, -0.2) is 66.8 Å². The van der Waals surface area contributed by atoms with Gasteiger partial charge in [0.25, 0.3) is 11.8 Å². The zero-order valence-corrected chi connectivity index (χ0v) is 20.4. The molecule has 1 heterocycles. The number of carbonyl (C=O) groups is 3. The maximum absolute atomic E-state index is 13.5. The molecule has 7 nitrogen and oxygen atoms in total. The number of nitrogens with zero attached hydrogens (tertiary/aromatic N) is 3. The van der Waals surface area contributed by atoms with Gasteiger partial charge in [0.05, 0.1) is 5.56 Å². The van der Waals surface area contributed by atoms with E-state index in [2.05, 4.69) is 10.2 Å². The molecule has 1 aliphatic heterocycles. The van der Waals surface area contributed by atoms with Gasteiger partial charge in [-0.1, -0.05) is 0 Å².